The first kappa shape index (κ1) is 13.6. The van der Waals surface area contributed by atoms with Gasteiger partial charge in [-0.3, -0.25) is 4.57 Å². The fourth-order valence-electron chi connectivity index (χ4n) is 3.07. The smallest absolute Gasteiger partial charge is 0.227 e. The van der Waals surface area contributed by atoms with Crippen LogP contribution in [0, 0.1) is 12.8 Å². The van der Waals surface area contributed by atoms with Gasteiger partial charge in [0.05, 0.1) is 4.88 Å². The lowest BCUT2D eigenvalue weighted by atomic mass is 10.0. The Kier molecular flexibility index (Phi) is 3.54. The number of hydrogen-bond donors (Lipinski definition) is 0. The minimum absolute atomic E-state index is 0.593. The molecule has 4 nitrogen and oxygen atoms in total. The normalized spacial score (nSPS) is 19.2. The average molecular weight is 290 g/mol. The Morgan fingerprint density at radius 2 is 2.10 bits per heavy atom. The molecule has 2 aromatic rings. The molecule has 0 aliphatic carbocycles. The summed E-state index contributed by atoms with van der Waals surface area (Å²) < 4.78 is 2.14. The van der Waals surface area contributed by atoms with Crippen LogP contribution in [-0.4, -0.2) is 27.4 Å². The maximum atomic E-state index is 4.46. The third-order valence-corrected chi connectivity index (χ3v) is 5.13. The van der Waals surface area contributed by atoms with E-state index in [4.69, 9.17) is 0 Å². The highest BCUT2D eigenvalue weighted by atomic mass is 32.1. The molecule has 0 saturated carbocycles. The van der Waals surface area contributed by atoms with Crippen molar-refractivity contribution in [3.63, 3.8) is 0 Å². The van der Waals surface area contributed by atoms with Crippen molar-refractivity contribution in [3.05, 3.63) is 17.0 Å². The van der Waals surface area contributed by atoms with Crippen molar-refractivity contribution >= 4 is 17.3 Å². The number of rotatable bonds is 3. The number of nitrogens with zero attached hydrogens (tertiary/aromatic N) is 4. The Balaban J connectivity index is 1.94. The number of hydrogen-bond acceptors (Lipinski definition) is 4. The molecule has 0 N–H and O–H groups in total. The topological polar surface area (TPSA) is 34.0 Å². The fraction of sp³-hybridized carbons (Fsp3) is 0.600. The molecular weight excluding hydrogens is 268 g/mol. The van der Waals surface area contributed by atoms with Gasteiger partial charge in [-0.15, -0.1) is 21.5 Å². The molecule has 1 saturated heterocycles. The summed E-state index contributed by atoms with van der Waals surface area (Å²) in [6, 6.07) is 4.87. The van der Waals surface area contributed by atoms with Gasteiger partial charge in [0.1, 0.15) is 0 Å². The van der Waals surface area contributed by atoms with Crippen LogP contribution >= 0.6 is 11.3 Å². The number of thiophene rings is 1. The fourth-order valence-corrected chi connectivity index (χ4v) is 3.96. The summed E-state index contributed by atoms with van der Waals surface area (Å²) in [6.07, 6.45) is 2.52. The summed E-state index contributed by atoms with van der Waals surface area (Å²) in [6.45, 7) is 7.81. The Morgan fingerprint density at radius 1 is 1.30 bits per heavy atom. The van der Waals surface area contributed by atoms with Crippen LogP contribution in [0.1, 0.15) is 31.6 Å². The maximum Gasteiger partial charge on any atom is 0.227 e. The third kappa shape index (κ3) is 2.24. The molecule has 1 atom stereocenters. The van der Waals surface area contributed by atoms with Gasteiger partial charge in [-0.05, 0) is 37.8 Å². The molecule has 20 heavy (non-hydrogen) atoms. The lowest BCUT2D eigenvalue weighted by Gasteiger charge is -2.28. The van der Waals surface area contributed by atoms with Crippen LogP contribution in [0.5, 0.6) is 0 Å². The highest BCUT2D eigenvalue weighted by Gasteiger charge is 2.30. The van der Waals surface area contributed by atoms with Gasteiger partial charge in [-0.2, -0.15) is 0 Å². The van der Waals surface area contributed by atoms with Gasteiger partial charge in [0.25, 0.3) is 0 Å². The van der Waals surface area contributed by atoms with Crippen molar-refractivity contribution in [1.29, 1.82) is 0 Å². The molecule has 0 radical (unpaired) electrons. The molecule has 3 rings (SSSR count). The van der Waals surface area contributed by atoms with E-state index in [1.807, 2.05) is 0 Å². The van der Waals surface area contributed by atoms with Crippen molar-refractivity contribution in [2.24, 2.45) is 13.0 Å². The summed E-state index contributed by atoms with van der Waals surface area (Å²) in [7, 11) is 2.08. The van der Waals surface area contributed by atoms with Crippen LogP contribution in [0.3, 0.4) is 0 Å². The van der Waals surface area contributed by atoms with Crippen LogP contribution < -0.4 is 4.90 Å². The van der Waals surface area contributed by atoms with Crippen LogP contribution in [0.25, 0.3) is 10.7 Å². The molecule has 5 heteroatoms. The molecule has 2 aromatic heterocycles. The first-order valence-electron chi connectivity index (χ1n) is 7.30. The monoisotopic (exact) mass is 290 g/mol. The maximum absolute atomic E-state index is 4.46. The van der Waals surface area contributed by atoms with Crippen molar-refractivity contribution in [2.75, 3.05) is 11.4 Å². The first-order chi connectivity index (χ1) is 9.58. The molecule has 0 unspecified atom stereocenters. The van der Waals surface area contributed by atoms with Gasteiger partial charge in [-0.1, -0.05) is 13.8 Å². The van der Waals surface area contributed by atoms with E-state index in [0.29, 0.717) is 12.0 Å². The van der Waals surface area contributed by atoms with Crippen molar-refractivity contribution < 1.29 is 0 Å². The third-order valence-electron chi connectivity index (χ3n) is 4.14. The van der Waals surface area contributed by atoms with E-state index < -0.39 is 0 Å². The highest BCUT2D eigenvalue weighted by molar-refractivity contribution is 7.15. The molecule has 108 valence electrons. The van der Waals surface area contributed by atoms with E-state index in [9.17, 15) is 0 Å². The lowest BCUT2D eigenvalue weighted by Crippen LogP contribution is -2.35. The second kappa shape index (κ2) is 5.20. The zero-order valence-corrected chi connectivity index (χ0v) is 13.4. The molecule has 0 aromatic carbocycles. The van der Waals surface area contributed by atoms with Crippen LogP contribution in [0.15, 0.2) is 12.1 Å². The van der Waals surface area contributed by atoms with Crippen LogP contribution in [0.4, 0.5) is 5.95 Å². The van der Waals surface area contributed by atoms with Gasteiger partial charge in [0.15, 0.2) is 5.82 Å². The second-order valence-electron chi connectivity index (χ2n) is 5.94. The Labute approximate surface area is 124 Å². The Bertz CT molecular complexity index is 599. The SMILES string of the molecule is Cc1ccc(-c2nnc(N3CCC[C@@H]3C(C)C)n2C)s1. The van der Waals surface area contributed by atoms with E-state index in [0.717, 1.165) is 18.3 Å². The molecule has 3 heterocycles. The quantitative estimate of drug-likeness (QED) is 0.868. The zero-order chi connectivity index (χ0) is 14.3. The molecule has 1 aliphatic heterocycles. The van der Waals surface area contributed by atoms with E-state index in [2.05, 4.69) is 59.6 Å². The molecule has 1 fully saturated rings. The van der Waals surface area contributed by atoms with E-state index in [1.54, 1.807) is 11.3 Å². The molecule has 0 bridgehead atoms. The minimum Gasteiger partial charge on any atom is -0.338 e. The zero-order valence-electron chi connectivity index (χ0n) is 12.6. The predicted molar refractivity (Wildman–Crippen MR) is 84.3 cm³/mol. The first-order valence-corrected chi connectivity index (χ1v) is 8.12. The molecule has 1 aliphatic rings. The molecular formula is C15H22N4S. The van der Waals surface area contributed by atoms with Crippen molar-refractivity contribution in [1.82, 2.24) is 14.8 Å². The predicted octanol–water partition coefficient (Wildman–Crippen LogP) is 3.48. The van der Waals surface area contributed by atoms with Crippen molar-refractivity contribution in [3.8, 4) is 10.7 Å². The number of aryl methyl sites for hydroxylation is 1. The van der Waals surface area contributed by atoms with E-state index in [1.165, 1.54) is 22.6 Å². The standard InChI is InChI=1S/C15H22N4S/c1-10(2)12-6-5-9-19(12)15-17-16-14(18(15)4)13-8-7-11(3)20-13/h7-8,10,12H,5-6,9H2,1-4H3/t12-/m1/s1. The van der Waals surface area contributed by atoms with Crippen molar-refractivity contribution in [2.45, 2.75) is 39.7 Å². The minimum atomic E-state index is 0.593. The second-order valence-corrected chi connectivity index (χ2v) is 7.23. The van der Waals surface area contributed by atoms with Crippen LogP contribution in [-0.2, 0) is 7.05 Å². The lowest BCUT2D eigenvalue weighted by molar-refractivity contribution is 0.484. The number of anilines is 1. The van der Waals surface area contributed by atoms with Gasteiger partial charge >= 0.3 is 0 Å². The summed E-state index contributed by atoms with van der Waals surface area (Å²) in [4.78, 5) is 4.94. The average Bonchev–Trinajstić information content (AvgIpc) is 3.07. The molecule has 0 amide bonds. The summed E-state index contributed by atoms with van der Waals surface area (Å²) in [5.41, 5.74) is 0. The summed E-state index contributed by atoms with van der Waals surface area (Å²) >= 11 is 1.78. The molecule has 0 spiro atoms. The van der Waals surface area contributed by atoms with E-state index in [-0.39, 0.29) is 0 Å². The van der Waals surface area contributed by atoms with Gasteiger partial charge in [0.2, 0.25) is 5.95 Å². The Hall–Kier alpha value is -1.36. The Morgan fingerprint density at radius 3 is 2.75 bits per heavy atom. The highest BCUT2D eigenvalue weighted by Crippen LogP contribution is 2.32. The van der Waals surface area contributed by atoms with Gasteiger partial charge < -0.3 is 4.90 Å². The van der Waals surface area contributed by atoms with E-state index >= 15 is 0 Å². The summed E-state index contributed by atoms with van der Waals surface area (Å²) in [5, 5.41) is 8.88. The van der Waals surface area contributed by atoms with Crippen LogP contribution in [0.2, 0.25) is 0 Å². The van der Waals surface area contributed by atoms with Gasteiger partial charge in [0, 0.05) is 24.5 Å². The summed E-state index contributed by atoms with van der Waals surface area (Å²) in [5.74, 6) is 2.65. The largest absolute Gasteiger partial charge is 0.338 e. The number of aromatic nitrogens is 3. The van der Waals surface area contributed by atoms with Gasteiger partial charge in [-0.25, -0.2) is 0 Å².